The standard InChI is InChI=1S/C9H16N4O/c1-9(2,14-10)8-6-13(12-11-8)5-7-3-4-7/h6-7H,3-5,10H2,1-2H3. The van der Waals surface area contributed by atoms with Gasteiger partial charge in [-0.2, -0.15) is 0 Å². The Kier molecular flexibility index (Phi) is 2.28. The van der Waals surface area contributed by atoms with E-state index in [0.29, 0.717) is 0 Å². The largest absolute Gasteiger partial charge is 0.292 e. The van der Waals surface area contributed by atoms with E-state index in [-0.39, 0.29) is 0 Å². The fourth-order valence-corrected chi connectivity index (χ4v) is 1.29. The molecule has 0 unspecified atom stereocenters. The third-order valence-electron chi connectivity index (χ3n) is 2.59. The molecule has 1 saturated carbocycles. The number of hydrogen-bond donors (Lipinski definition) is 1. The van der Waals surface area contributed by atoms with Crippen molar-refractivity contribution in [2.45, 2.75) is 38.8 Å². The first-order chi connectivity index (χ1) is 6.62. The maximum atomic E-state index is 5.18. The zero-order valence-corrected chi connectivity index (χ0v) is 8.60. The van der Waals surface area contributed by atoms with E-state index in [1.807, 2.05) is 24.7 Å². The number of nitrogens with zero attached hydrogens (tertiary/aromatic N) is 3. The van der Waals surface area contributed by atoms with Crippen LogP contribution in [0.15, 0.2) is 6.20 Å². The summed E-state index contributed by atoms with van der Waals surface area (Å²) in [5, 5.41) is 8.09. The summed E-state index contributed by atoms with van der Waals surface area (Å²) in [6.45, 7) is 4.71. The van der Waals surface area contributed by atoms with Crippen molar-refractivity contribution >= 4 is 0 Å². The first kappa shape index (κ1) is 9.61. The number of rotatable bonds is 4. The Morgan fingerprint density at radius 1 is 1.64 bits per heavy atom. The van der Waals surface area contributed by atoms with Gasteiger partial charge in [-0.05, 0) is 32.6 Å². The molecule has 1 fully saturated rings. The van der Waals surface area contributed by atoms with Gasteiger partial charge in [0.15, 0.2) is 0 Å². The summed E-state index contributed by atoms with van der Waals surface area (Å²) in [6.07, 6.45) is 4.53. The lowest BCUT2D eigenvalue weighted by atomic mass is 10.1. The maximum Gasteiger partial charge on any atom is 0.129 e. The van der Waals surface area contributed by atoms with Crippen LogP contribution in [-0.2, 0) is 17.0 Å². The van der Waals surface area contributed by atoms with Crippen molar-refractivity contribution in [3.05, 3.63) is 11.9 Å². The monoisotopic (exact) mass is 196 g/mol. The van der Waals surface area contributed by atoms with Crippen molar-refractivity contribution in [1.82, 2.24) is 15.0 Å². The van der Waals surface area contributed by atoms with Gasteiger partial charge in [0.25, 0.3) is 0 Å². The van der Waals surface area contributed by atoms with Gasteiger partial charge in [0.1, 0.15) is 11.3 Å². The molecular weight excluding hydrogens is 180 g/mol. The lowest BCUT2D eigenvalue weighted by Gasteiger charge is -2.17. The molecule has 5 heteroatoms. The average molecular weight is 196 g/mol. The topological polar surface area (TPSA) is 66.0 Å². The molecule has 14 heavy (non-hydrogen) atoms. The molecule has 1 aromatic rings. The van der Waals surface area contributed by atoms with E-state index in [4.69, 9.17) is 10.7 Å². The second kappa shape index (κ2) is 3.33. The lowest BCUT2D eigenvalue weighted by Crippen LogP contribution is -2.25. The Hall–Kier alpha value is -0.940. The summed E-state index contributed by atoms with van der Waals surface area (Å²) in [5.74, 6) is 5.98. The van der Waals surface area contributed by atoms with Crippen LogP contribution >= 0.6 is 0 Å². The van der Waals surface area contributed by atoms with Gasteiger partial charge in [-0.3, -0.25) is 9.52 Å². The molecule has 0 aliphatic heterocycles. The molecule has 0 radical (unpaired) electrons. The van der Waals surface area contributed by atoms with E-state index in [1.165, 1.54) is 12.8 Å². The molecule has 0 amide bonds. The quantitative estimate of drug-likeness (QED) is 0.724. The van der Waals surface area contributed by atoms with Crippen molar-refractivity contribution in [2.75, 3.05) is 0 Å². The van der Waals surface area contributed by atoms with E-state index in [9.17, 15) is 0 Å². The molecule has 1 aliphatic carbocycles. The fraction of sp³-hybridized carbons (Fsp3) is 0.778. The Morgan fingerprint density at radius 2 is 2.36 bits per heavy atom. The van der Waals surface area contributed by atoms with Crippen LogP contribution < -0.4 is 5.90 Å². The predicted octanol–water partition coefficient (Wildman–Crippen LogP) is 0.814. The van der Waals surface area contributed by atoms with Crippen molar-refractivity contribution in [2.24, 2.45) is 11.8 Å². The zero-order chi connectivity index (χ0) is 10.2. The lowest BCUT2D eigenvalue weighted by molar-refractivity contribution is -0.0269. The molecule has 0 bridgehead atoms. The van der Waals surface area contributed by atoms with E-state index in [0.717, 1.165) is 18.2 Å². The summed E-state index contributed by atoms with van der Waals surface area (Å²) in [4.78, 5) is 4.84. The molecule has 0 spiro atoms. The van der Waals surface area contributed by atoms with E-state index in [1.54, 1.807) is 0 Å². The second-order valence-corrected chi connectivity index (χ2v) is 4.40. The highest BCUT2D eigenvalue weighted by Crippen LogP contribution is 2.30. The molecule has 78 valence electrons. The Labute approximate surface area is 83.2 Å². The van der Waals surface area contributed by atoms with Crippen LogP contribution in [0.2, 0.25) is 0 Å². The Balaban J connectivity index is 2.07. The Bertz CT molecular complexity index is 316. The van der Waals surface area contributed by atoms with Gasteiger partial charge in [0.05, 0.1) is 6.20 Å². The highest BCUT2D eigenvalue weighted by atomic mass is 16.6. The summed E-state index contributed by atoms with van der Waals surface area (Å²) in [7, 11) is 0. The third-order valence-corrected chi connectivity index (χ3v) is 2.59. The van der Waals surface area contributed by atoms with Gasteiger partial charge in [-0.15, -0.1) is 5.10 Å². The van der Waals surface area contributed by atoms with Gasteiger partial charge >= 0.3 is 0 Å². The van der Waals surface area contributed by atoms with Gasteiger partial charge in [0.2, 0.25) is 0 Å². The predicted molar refractivity (Wildman–Crippen MR) is 51.0 cm³/mol. The van der Waals surface area contributed by atoms with Gasteiger partial charge < -0.3 is 0 Å². The molecular formula is C9H16N4O. The van der Waals surface area contributed by atoms with Crippen molar-refractivity contribution in [3.63, 3.8) is 0 Å². The summed E-state index contributed by atoms with van der Waals surface area (Å²) in [5.41, 5.74) is 0.225. The van der Waals surface area contributed by atoms with Gasteiger partial charge in [-0.25, -0.2) is 5.90 Å². The highest BCUT2D eigenvalue weighted by Gasteiger charge is 2.26. The van der Waals surface area contributed by atoms with Crippen molar-refractivity contribution < 1.29 is 4.84 Å². The van der Waals surface area contributed by atoms with Crippen LogP contribution in [0.3, 0.4) is 0 Å². The van der Waals surface area contributed by atoms with Crippen molar-refractivity contribution in [3.8, 4) is 0 Å². The minimum absolute atomic E-state index is 0.554. The number of aromatic nitrogens is 3. The smallest absolute Gasteiger partial charge is 0.129 e. The molecule has 0 aromatic carbocycles. The molecule has 2 rings (SSSR count). The van der Waals surface area contributed by atoms with Crippen molar-refractivity contribution in [1.29, 1.82) is 0 Å². The summed E-state index contributed by atoms with van der Waals surface area (Å²) >= 11 is 0. The normalized spacial score (nSPS) is 17.4. The summed E-state index contributed by atoms with van der Waals surface area (Å²) < 4.78 is 1.87. The minimum atomic E-state index is -0.554. The molecule has 2 N–H and O–H groups in total. The molecule has 1 aromatic heterocycles. The van der Waals surface area contributed by atoms with Crippen LogP contribution in [0, 0.1) is 5.92 Å². The molecule has 0 saturated heterocycles. The molecule has 5 nitrogen and oxygen atoms in total. The van der Waals surface area contributed by atoms with Crippen LogP contribution in [0.1, 0.15) is 32.4 Å². The average Bonchev–Trinajstić information content (AvgIpc) is 2.81. The van der Waals surface area contributed by atoms with Crippen LogP contribution in [-0.4, -0.2) is 15.0 Å². The van der Waals surface area contributed by atoms with Gasteiger partial charge in [0, 0.05) is 6.54 Å². The van der Waals surface area contributed by atoms with E-state index < -0.39 is 5.60 Å². The van der Waals surface area contributed by atoms with Crippen LogP contribution in [0.5, 0.6) is 0 Å². The van der Waals surface area contributed by atoms with Gasteiger partial charge in [-0.1, -0.05) is 5.21 Å². The van der Waals surface area contributed by atoms with Crippen LogP contribution in [0.25, 0.3) is 0 Å². The second-order valence-electron chi connectivity index (χ2n) is 4.40. The first-order valence-corrected chi connectivity index (χ1v) is 4.90. The fourth-order valence-electron chi connectivity index (χ4n) is 1.29. The maximum absolute atomic E-state index is 5.18. The molecule has 1 heterocycles. The minimum Gasteiger partial charge on any atom is -0.292 e. The third kappa shape index (κ3) is 1.93. The molecule has 1 aliphatic rings. The Morgan fingerprint density at radius 3 is 2.93 bits per heavy atom. The van der Waals surface area contributed by atoms with E-state index >= 15 is 0 Å². The SMILES string of the molecule is CC(C)(ON)c1cn(CC2CC2)nn1. The first-order valence-electron chi connectivity index (χ1n) is 4.90. The van der Waals surface area contributed by atoms with Crippen LogP contribution in [0.4, 0.5) is 0 Å². The summed E-state index contributed by atoms with van der Waals surface area (Å²) in [6, 6.07) is 0. The number of hydrogen-bond acceptors (Lipinski definition) is 4. The number of nitrogens with two attached hydrogens (primary N) is 1. The molecule has 0 atom stereocenters. The van der Waals surface area contributed by atoms with E-state index in [2.05, 4.69) is 10.3 Å². The highest BCUT2D eigenvalue weighted by molar-refractivity contribution is 5.03. The zero-order valence-electron chi connectivity index (χ0n) is 8.60.